The standard InChI is InChI=1S/C17H17FO/c1-17(2,3)16(19)14-10-9-13(18)11-15(14)12-7-5-4-6-8-12/h4-11H,1-3H3. The smallest absolute Gasteiger partial charge is 0.168 e. The summed E-state index contributed by atoms with van der Waals surface area (Å²) in [6.07, 6.45) is 0. The molecule has 0 saturated carbocycles. The van der Waals surface area contributed by atoms with E-state index < -0.39 is 5.41 Å². The van der Waals surface area contributed by atoms with Crippen LogP contribution in [0.15, 0.2) is 48.5 Å². The van der Waals surface area contributed by atoms with Crippen molar-refractivity contribution in [2.45, 2.75) is 20.8 Å². The second-order valence-corrected chi connectivity index (χ2v) is 5.64. The van der Waals surface area contributed by atoms with E-state index in [-0.39, 0.29) is 11.6 Å². The molecule has 2 aromatic carbocycles. The van der Waals surface area contributed by atoms with Gasteiger partial charge in [-0.05, 0) is 29.3 Å². The van der Waals surface area contributed by atoms with Crippen molar-refractivity contribution >= 4 is 5.78 Å². The van der Waals surface area contributed by atoms with Gasteiger partial charge in [-0.15, -0.1) is 0 Å². The van der Waals surface area contributed by atoms with Gasteiger partial charge in [0.25, 0.3) is 0 Å². The maximum absolute atomic E-state index is 13.5. The Balaban J connectivity index is 2.61. The van der Waals surface area contributed by atoms with Crippen molar-refractivity contribution in [1.29, 1.82) is 0 Å². The molecule has 0 fully saturated rings. The number of hydrogen-bond acceptors (Lipinski definition) is 1. The fourth-order valence-corrected chi connectivity index (χ4v) is 1.98. The highest BCUT2D eigenvalue weighted by Gasteiger charge is 2.25. The van der Waals surface area contributed by atoms with Gasteiger partial charge in [-0.2, -0.15) is 0 Å². The summed E-state index contributed by atoms with van der Waals surface area (Å²) in [5.74, 6) is -0.310. The third-order valence-electron chi connectivity index (χ3n) is 2.99. The van der Waals surface area contributed by atoms with Crippen molar-refractivity contribution in [2.24, 2.45) is 5.41 Å². The van der Waals surface area contributed by atoms with Gasteiger partial charge < -0.3 is 0 Å². The van der Waals surface area contributed by atoms with E-state index >= 15 is 0 Å². The van der Waals surface area contributed by atoms with Crippen molar-refractivity contribution in [3.8, 4) is 11.1 Å². The van der Waals surface area contributed by atoms with Crippen LogP contribution in [0.1, 0.15) is 31.1 Å². The monoisotopic (exact) mass is 256 g/mol. The van der Waals surface area contributed by atoms with Crippen molar-refractivity contribution in [2.75, 3.05) is 0 Å². The van der Waals surface area contributed by atoms with Crippen LogP contribution in [-0.2, 0) is 0 Å². The highest BCUT2D eigenvalue weighted by molar-refractivity contribution is 6.05. The van der Waals surface area contributed by atoms with E-state index in [0.29, 0.717) is 11.1 Å². The molecule has 0 saturated heterocycles. The second kappa shape index (κ2) is 4.96. The van der Waals surface area contributed by atoms with Crippen LogP contribution in [0.2, 0.25) is 0 Å². The Morgan fingerprint density at radius 2 is 1.63 bits per heavy atom. The van der Waals surface area contributed by atoms with Crippen molar-refractivity contribution in [1.82, 2.24) is 0 Å². The molecule has 0 spiro atoms. The average Bonchev–Trinajstić information content (AvgIpc) is 2.38. The zero-order valence-corrected chi connectivity index (χ0v) is 11.4. The molecule has 1 nitrogen and oxygen atoms in total. The van der Waals surface area contributed by atoms with Crippen LogP contribution in [0.5, 0.6) is 0 Å². The van der Waals surface area contributed by atoms with Gasteiger partial charge in [0.05, 0.1) is 0 Å². The predicted octanol–water partition coefficient (Wildman–Crippen LogP) is 4.72. The third kappa shape index (κ3) is 2.90. The minimum absolute atomic E-state index is 0.0198. The lowest BCUT2D eigenvalue weighted by Gasteiger charge is -2.19. The topological polar surface area (TPSA) is 17.1 Å². The lowest BCUT2D eigenvalue weighted by Crippen LogP contribution is -2.21. The first-order chi connectivity index (χ1) is 8.89. The molecule has 0 aliphatic carbocycles. The van der Waals surface area contributed by atoms with Gasteiger partial charge in [0.15, 0.2) is 5.78 Å². The largest absolute Gasteiger partial charge is 0.294 e. The Bertz CT molecular complexity index is 594. The summed E-state index contributed by atoms with van der Waals surface area (Å²) in [5.41, 5.74) is 1.59. The zero-order valence-electron chi connectivity index (χ0n) is 11.4. The fraction of sp³-hybridized carbons (Fsp3) is 0.235. The number of hydrogen-bond donors (Lipinski definition) is 0. The number of rotatable bonds is 2. The van der Waals surface area contributed by atoms with Crippen molar-refractivity contribution in [3.05, 3.63) is 59.9 Å². The summed E-state index contributed by atoms with van der Waals surface area (Å²) >= 11 is 0. The molecule has 19 heavy (non-hydrogen) atoms. The van der Waals surface area contributed by atoms with Crippen LogP contribution >= 0.6 is 0 Å². The molecule has 0 bridgehead atoms. The maximum atomic E-state index is 13.5. The van der Waals surface area contributed by atoms with E-state index in [9.17, 15) is 9.18 Å². The van der Waals surface area contributed by atoms with Crippen LogP contribution in [0.3, 0.4) is 0 Å². The van der Waals surface area contributed by atoms with Crippen LogP contribution in [0.25, 0.3) is 11.1 Å². The number of benzene rings is 2. The number of carbonyl (C=O) groups excluding carboxylic acids is 1. The number of halogens is 1. The minimum atomic E-state index is -0.485. The first kappa shape index (κ1) is 13.5. The first-order valence-corrected chi connectivity index (χ1v) is 6.29. The molecule has 0 aliphatic rings. The summed E-state index contributed by atoms with van der Waals surface area (Å²) in [5, 5.41) is 0. The van der Waals surface area contributed by atoms with Crippen LogP contribution in [-0.4, -0.2) is 5.78 Å². The quantitative estimate of drug-likeness (QED) is 0.710. The lowest BCUT2D eigenvalue weighted by atomic mass is 9.83. The second-order valence-electron chi connectivity index (χ2n) is 5.64. The van der Waals surface area contributed by atoms with Gasteiger partial charge in [-0.3, -0.25) is 4.79 Å². The summed E-state index contributed by atoms with van der Waals surface area (Å²) in [7, 11) is 0. The van der Waals surface area contributed by atoms with Crippen LogP contribution in [0.4, 0.5) is 4.39 Å². The SMILES string of the molecule is CC(C)(C)C(=O)c1ccc(F)cc1-c1ccccc1. The van der Waals surface area contributed by atoms with E-state index in [1.54, 1.807) is 6.07 Å². The molecule has 0 aromatic heterocycles. The van der Waals surface area contributed by atoms with Crippen molar-refractivity contribution < 1.29 is 9.18 Å². The lowest BCUT2D eigenvalue weighted by molar-refractivity contribution is 0.0859. The van der Waals surface area contributed by atoms with Gasteiger partial charge in [0.1, 0.15) is 5.82 Å². The molecule has 2 heteroatoms. The Morgan fingerprint density at radius 1 is 1.00 bits per heavy atom. The Morgan fingerprint density at radius 3 is 2.21 bits per heavy atom. The van der Waals surface area contributed by atoms with Gasteiger partial charge in [0, 0.05) is 11.0 Å². The molecule has 0 aliphatic heterocycles. The summed E-state index contributed by atoms with van der Waals surface area (Å²) in [6.45, 7) is 5.61. The first-order valence-electron chi connectivity index (χ1n) is 6.29. The number of ketones is 1. The van der Waals surface area contributed by atoms with Gasteiger partial charge in [-0.1, -0.05) is 51.1 Å². The van der Waals surface area contributed by atoms with Gasteiger partial charge >= 0.3 is 0 Å². The summed E-state index contributed by atoms with van der Waals surface area (Å²) in [6, 6.07) is 13.8. The molecular formula is C17H17FO. The Hall–Kier alpha value is -1.96. The molecule has 0 radical (unpaired) electrons. The molecule has 98 valence electrons. The van der Waals surface area contributed by atoms with Gasteiger partial charge in [-0.25, -0.2) is 4.39 Å². The summed E-state index contributed by atoms with van der Waals surface area (Å²) in [4.78, 5) is 12.4. The zero-order chi connectivity index (χ0) is 14.0. The summed E-state index contributed by atoms with van der Waals surface area (Å²) < 4.78 is 13.5. The molecular weight excluding hydrogens is 239 g/mol. The highest BCUT2D eigenvalue weighted by Crippen LogP contribution is 2.30. The predicted molar refractivity (Wildman–Crippen MR) is 75.6 cm³/mol. The molecule has 0 N–H and O–H groups in total. The molecule has 0 atom stereocenters. The van der Waals surface area contributed by atoms with E-state index in [1.807, 2.05) is 51.1 Å². The maximum Gasteiger partial charge on any atom is 0.168 e. The third-order valence-corrected chi connectivity index (χ3v) is 2.99. The van der Waals surface area contributed by atoms with E-state index in [1.165, 1.54) is 12.1 Å². The highest BCUT2D eigenvalue weighted by atomic mass is 19.1. The normalized spacial score (nSPS) is 11.4. The fourth-order valence-electron chi connectivity index (χ4n) is 1.98. The molecule has 0 unspecified atom stereocenters. The molecule has 2 aromatic rings. The number of Topliss-reactive ketones (excluding diaryl/α,β-unsaturated/α-hetero) is 1. The minimum Gasteiger partial charge on any atom is -0.294 e. The molecule has 0 amide bonds. The van der Waals surface area contributed by atoms with Crippen LogP contribution < -0.4 is 0 Å². The van der Waals surface area contributed by atoms with Gasteiger partial charge in [0.2, 0.25) is 0 Å². The van der Waals surface area contributed by atoms with Crippen LogP contribution in [0, 0.1) is 11.2 Å². The van der Waals surface area contributed by atoms with E-state index in [4.69, 9.17) is 0 Å². The average molecular weight is 256 g/mol. The Labute approximate surface area is 113 Å². The number of carbonyl (C=O) groups is 1. The molecule has 0 heterocycles. The van der Waals surface area contributed by atoms with E-state index in [0.717, 1.165) is 5.56 Å². The van der Waals surface area contributed by atoms with E-state index in [2.05, 4.69) is 0 Å². The van der Waals surface area contributed by atoms with Crippen molar-refractivity contribution in [3.63, 3.8) is 0 Å². The Kier molecular flexibility index (Phi) is 3.52. The molecule has 2 rings (SSSR count).